The van der Waals surface area contributed by atoms with Gasteiger partial charge in [-0.25, -0.2) is 0 Å². The molecular formula is C19H17N3O2. The molecule has 0 spiro atoms. The Balaban J connectivity index is 2.07. The molecule has 0 unspecified atom stereocenters. The van der Waals surface area contributed by atoms with Crippen LogP contribution in [0.15, 0.2) is 54.7 Å². The lowest BCUT2D eigenvalue weighted by atomic mass is 10.0. The number of hydrogen-bond donors (Lipinski definition) is 2. The zero-order valence-electron chi connectivity index (χ0n) is 13.5. The third-order valence-corrected chi connectivity index (χ3v) is 3.55. The molecule has 3 aromatic rings. The molecule has 0 aliphatic carbocycles. The molecule has 0 bridgehead atoms. The van der Waals surface area contributed by atoms with Crippen molar-refractivity contribution in [3.8, 4) is 11.1 Å². The van der Waals surface area contributed by atoms with E-state index in [1.807, 2.05) is 48.5 Å². The van der Waals surface area contributed by atoms with E-state index in [9.17, 15) is 9.59 Å². The number of anilines is 2. The van der Waals surface area contributed by atoms with Crippen molar-refractivity contribution in [2.75, 3.05) is 10.6 Å². The summed E-state index contributed by atoms with van der Waals surface area (Å²) in [6.45, 7) is 2.96. The zero-order chi connectivity index (χ0) is 17.1. The Hall–Kier alpha value is -3.21. The van der Waals surface area contributed by atoms with E-state index in [1.165, 1.54) is 13.8 Å². The largest absolute Gasteiger partial charge is 0.326 e. The van der Waals surface area contributed by atoms with Crippen molar-refractivity contribution in [1.82, 2.24) is 4.98 Å². The Morgan fingerprint density at radius 2 is 1.62 bits per heavy atom. The Labute approximate surface area is 139 Å². The van der Waals surface area contributed by atoms with Crippen LogP contribution in [0.25, 0.3) is 22.0 Å². The topological polar surface area (TPSA) is 71.1 Å². The second-order valence-corrected chi connectivity index (χ2v) is 5.54. The fraction of sp³-hybridized carbons (Fsp3) is 0.105. The number of amides is 2. The number of nitrogens with zero attached hydrogens (tertiary/aromatic N) is 1. The molecule has 0 atom stereocenters. The predicted molar refractivity (Wildman–Crippen MR) is 95.8 cm³/mol. The second kappa shape index (κ2) is 6.50. The number of carbonyl (C=O) groups is 2. The summed E-state index contributed by atoms with van der Waals surface area (Å²) in [7, 11) is 0. The van der Waals surface area contributed by atoms with Gasteiger partial charge in [-0.15, -0.1) is 0 Å². The van der Waals surface area contributed by atoms with Gasteiger partial charge in [-0.2, -0.15) is 0 Å². The smallest absolute Gasteiger partial charge is 0.221 e. The Kier molecular flexibility index (Phi) is 4.24. The van der Waals surface area contributed by atoms with Crippen molar-refractivity contribution in [3.63, 3.8) is 0 Å². The average Bonchev–Trinajstić information content (AvgIpc) is 2.54. The number of rotatable bonds is 3. The van der Waals surface area contributed by atoms with E-state index in [2.05, 4.69) is 15.6 Å². The van der Waals surface area contributed by atoms with Crippen molar-refractivity contribution >= 4 is 34.1 Å². The summed E-state index contributed by atoms with van der Waals surface area (Å²) in [5.41, 5.74) is 4.12. The SMILES string of the molecule is CC(=O)Nc1cccc(-c2cnc3cccc(NC(C)=O)c3c2)c1. The number of benzene rings is 2. The highest BCUT2D eigenvalue weighted by atomic mass is 16.2. The normalized spacial score (nSPS) is 10.4. The lowest BCUT2D eigenvalue weighted by Crippen LogP contribution is -2.06. The zero-order valence-corrected chi connectivity index (χ0v) is 13.5. The molecule has 5 heteroatoms. The summed E-state index contributed by atoms with van der Waals surface area (Å²) in [5, 5.41) is 6.47. The lowest BCUT2D eigenvalue weighted by Gasteiger charge is -2.10. The third-order valence-electron chi connectivity index (χ3n) is 3.55. The van der Waals surface area contributed by atoms with Crippen molar-refractivity contribution in [3.05, 3.63) is 54.7 Å². The number of aromatic nitrogens is 1. The molecule has 0 radical (unpaired) electrons. The van der Waals surface area contributed by atoms with Gasteiger partial charge in [0, 0.05) is 36.7 Å². The summed E-state index contributed by atoms with van der Waals surface area (Å²) in [5.74, 6) is -0.239. The molecule has 0 aliphatic rings. The van der Waals surface area contributed by atoms with E-state index in [1.54, 1.807) is 6.20 Å². The molecule has 0 saturated carbocycles. The monoisotopic (exact) mass is 319 g/mol. The van der Waals surface area contributed by atoms with Crippen LogP contribution in [-0.2, 0) is 9.59 Å². The first-order chi connectivity index (χ1) is 11.5. The number of fused-ring (bicyclic) bond motifs is 1. The van der Waals surface area contributed by atoms with Crippen molar-refractivity contribution in [1.29, 1.82) is 0 Å². The summed E-state index contributed by atoms with van der Waals surface area (Å²) >= 11 is 0. The molecule has 0 saturated heterocycles. The quantitative estimate of drug-likeness (QED) is 0.771. The third kappa shape index (κ3) is 3.41. The van der Waals surface area contributed by atoms with Gasteiger partial charge in [-0.1, -0.05) is 18.2 Å². The van der Waals surface area contributed by atoms with E-state index < -0.39 is 0 Å². The maximum absolute atomic E-state index is 11.4. The molecule has 0 fully saturated rings. The molecule has 3 rings (SSSR count). The second-order valence-electron chi connectivity index (χ2n) is 5.54. The summed E-state index contributed by atoms with van der Waals surface area (Å²) in [6, 6.07) is 15.2. The van der Waals surface area contributed by atoms with Crippen LogP contribution in [0.4, 0.5) is 11.4 Å². The molecular weight excluding hydrogens is 302 g/mol. The molecule has 2 N–H and O–H groups in total. The fourth-order valence-electron chi connectivity index (χ4n) is 2.59. The molecule has 24 heavy (non-hydrogen) atoms. The van der Waals surface area contributed by atoms with Crippen molar-refractivity contribution in [2.24, 2.45) is 0 Å². The van der Waals surface area contributed by atoms with E-state index in [0.717, 1.165) is 33.4 Å². The molecule has 1 aromatic heterocycles. The number of nitrogens with one attached hydrogen (secondary N) is 2. The average molecular weight is 319 g/mol. The first-order valence-electron chi connectivity index (χ1n) is 7.57. The van der Waals surface area contributed by atoms with Gasteiger partial charge >= 0.3 is 0 Å². The van der Waals surface area contributed by atoms with Crippen molar-refractivity contribution < 1.29 is 9.59 Å². The van der Waals surface area contributed by atoms with Crippen LogP contribution < -0.4 is 10.6 Å². The van der Waals surface area contributed by atoms with Crippen LogP contribution in [0, 0.1) is 0 Å². The molecule has 2 amide bonds. The van der Waals surface area contributed by atoms with Crippen LogP contribution in [0.1, 0.15) is 13.8 Å². The van der Waals surface area contributed by atoms with E-state index in [4.69, 9.17) is 0 Å². The van der Waals surface area contributed by atoms with Gasteiger partial charge in [0.1, 0.15) is 0 Å². The molecule has 2 aromatic carbocycles. The van der Waals surface area contributed by atoms with E-state index in [-0.39, 0.29) is 11.8 Å². The number of pyridine rings is 1. The first-order valence-corrected chi connectivity index (χ1v) is 7.57. The van der Waals surface area contributed by atoms with E-state index >= 15 is 0 Å². The number of carbonyl (C=O) groups excluding carboxylic acids is 2. The Morgan fingerprint density at radius 1 is 0.875 bits per heavy atom. The minimum absolute atomic E-state index is 0.114. The van der Waals surface area contributed by atoms with Gasteiger partial charge in [0.25, 0.3) is 0 Å². The minimum atomic E-state index is -0.124. The fourth-order valence-corrected chi connectivity index (χ4v) is 2.59. The standard InChI is InChI=1S/C19H17N3O2/c1-12(23)21-16-6-3-5-14(9-16)15-10-17-18(20-11-15)7-4-8-19(17)22-13(2)24/h3-11H,1-2H3,(H,21,23)(H,22,24). The Bertz CT molecular complexity index is 935. The summed E-state index contributed by atoms with van der Waals surface area (Å²) in [6.07, 6.45) is 1.78. The number of hydrogen-bond acceptors (Lipinski definition) is 3. The van der Waals surface area contributed by atoms with Crippen LogP contribution >= 0.6 is 0 Å². The summed E-state index contributed by atoms with van der Waals surface area (Å²) in [4.78, 5) is 27.1. The summed E-state index contributed by atoms with van der Waals surface area (Å²) < 4.78 is 0. The molecule has 0 aliphatic heterocycles. The Morgan fingerprint density at radius 3 is 2.38 bits per heavy atom. The minimum Gasteiger partial charge on any atom is -0.326 e. The van der Waals surface area contributed by atoms with Crippen LogP contribution in [0.3, 0.4) is 0 Å². The highest BCUT2D eigenvalue weighted by molar-refractivity contribution is 6.01. The van der Waals surface area contributed by atoms with Crippen LogP contribution in [0.2, 0.25) is 0 Å². The van der Waals surface area contributed by atoms with Crippen molar-refractivity contribution in [2.45, 2.75) is 13.8 Å². The van der Waals surface area contributed by atoms with Crippen LogP contribution in [0.5, 0.6) is 0 Å². The van der Waals surface area contributed by atoms with Gasteiger partial charge in [0.2, 0.25) is 11.8 Å². The molecule has 120 valence electrons. The van der Waals surface area contributed by atoms with Gasteiger partial charge < -0.3 is 10.6 Å². The van der Waals surface area contributed by atoms with Gasteiger partial charge in [-0.05, 0) is 35.9 Å². The predicted octanol–water partition coefficient (Wildman–Crippen LogP) is 3.82. The van der Waals surface area contributed by atoms with Gasteiger partial charge in [0.05, 0.1) is 11.2 Å². The van der Waals surface area contributed by atoms with E-state index in [0.29, 0.717) is 0 Å². The highest BCUT2D eigenvalue weighted by Crippen LogP contribution is 2.28. The maximum Gasteiger partial charge on any atom is 0.221 e. The highest BCUT2D eigenvalue weighted by Gasteiger charge is 2.07. The van der Waals surface area contributed by atoms with Gasteiger partial charge in [-0.3, -0.25) is 14.6 Å². The lowest BCUT2D eigenvalue weighted by molar-refractivity contribution is -0.115. The van der Waals surface area contributed by atoms with Crippen LogP contribution in [-0.4, -0.2) is 16.8 Å². The van der Waals surface area contributed by atoms with Gasteiger partial charge in [0.15, 0.2) is 0 Å². The molecule has 5 nitrogen and oxygen atoms in total. The first kappa shape index (κ1) is 15.7. The molecule has 1 heterocycles. The maximum atomic E-state index is 11.4.